The molecule has 1 aromatic carbocycles. The summed E-state index contributed by atoms with van der Waals surface area (Å²) in [5, 5.41) is 9.27. The number of ether oxygens (including phenoxy) is 1. The summed E-state index contributed by atoms with van der Waals surface area (Å²) in [6, 6.07) is 7.71. The zero-order chi connectivity index (χ0) is 9.97. The molecule has 0 bridgehead atoms. The molecule has 2 nitrogen and oxygen atoms in total. The quantitative estimate of drug-likeness (QED) is 0.823. The van der Waals surface area contributed by atoms with Crippen LogP contribution in [0, 0.1) is 0 Å². The highest BCUT2D eigenvalue weighted by molar-refractivity contribution is 9.10. The molecule has 1 N–H and O–H groups in total. The molecule has 0 spiro atoms. The second-order valence-corrected chi connectivity index (χ2v) is 4.13. The third-order valence-corrected chi connectivity index (χ3v) is 2.79. The standard InChI is InChI=1S/C11H11BrO2/c12-10-3-1-2-4-11(10)14-9-6-5-8(13)7-9/h1-6,8-9,13H,7H2/t8-,9-/m0/s1. The second-order valence-electron chi connectivity index (χ2n) is 3.27. The largest absolute Gasteiger partial charge is 0.485 e. The molecule has 0 aliphatic heterocycles. The lowest BCUT2D eigenvalue weighted by molar-refractivity contribution is 0.164. The van der Waals surface area contributed by atoms with Crippen LogP contribution in [0.15, 0.2) is 40.9 Å². The van der Waals surface area contributed by atoms with E-state index in [1.165, 1.54) is 0 Å². The van der Waals surface area contributed by atoms with Crippen LogP contribution in [-0.4, -0.2) is 17.3 Å². The van der Waals surface area contributed by atoms with Gasteiger partial charge in [0.2, 0.25) is 0 Å². The van der Waals surface area contributed by atoms with Crippen LogP contribution in [0.4, 0.5) is 0 Å². The van der Waals surface area contributed by atoms with Crippen LogP contribution in [0.1, 0.15) is 6.42 Å². The molecule has 1 aliphatic rings. The van der Waals surface area contributed by atoms with Crippen LogP contribution >= 0.6 is 15.9 Å². The summed E-state index contributed by atoms with van der Waals surface area (Å²) in [5.74, 6) is 0.816. The Morgan fingerprint density at radius 3 is 2.71 bits per heavy atom. The first-order chi connectivity index (χ1) is 6.75. The third-order valence-electron chi connectivity index (χ3n) is 2.14. The van der Waals surface area contributed by atoms with Gasteiger partial charge < -0.3 is 9.84 Å². The van der Waals surface area contributed by atoms with Crippen molar-refractivity contribution in [3.05, 3.63) is 40.9 Å². The van der Waals surface area contributed by atoms with Crippen molar-refractivity contribution < 1.29 is 9.84 Å². The monoisotopic (exact) mass is 254 g/mol. The van der Waals surface area contributed by atoms with Crippen LogP contribution in [0.2, 0.25) is 0 Å². The molecule has 14 heavy (non-hydrogen) atoms. The molecule has 1 aliphatic carbocycles. The summed E-state index contributed by atoms with van der Waals surface area (Å²) >= 11 is 3.41. The molecule has 0 radical (unpaired) electrons. The maximum Gasteiger partial charge on any atom is 0.134 e. The molecule has 1 aromatic rings. The number of halogens is 1. The number of aliphatic hydroxyl groups is 1. The summed E-state index contributed by atoms with van der Waals surface area (Å²) in [6.45, 7) is 0. The Morgan fingerprint density at radius 2 is 2.07 bits per heavy atom. The Morgan fingerprint density at radius 1 is 1.29 bits per heavy atom. The van der Waals surface area contributed by atoms with E-state index in [2.05, 4.69) is 15.9 Å². The van der Waals surface area contributed by atoms with Gasteiger partial charge in [-0.05, 0) is 34.1 Å². The Balaban J connectivity index is 2.05. The van der Waals surface area contributed by atoms with E-state index in [4.69, 9.17) is 4.74 Å². The molecule has 0 amide bonds. The van der Waals surface area contributed by atoms with Crippen molar-refractivity contribution in [2.24, 2.45) is 0 Å². The lowest BCUT2D eigenvalue weighted by Gasteiger charge is -2.13. The molecule has 0 unspecified atom stereocenters. The minimum atomic E-state index is -0.359. The molecular formula is C11H11BrO2. The lowest BCUT2D eigenvalue weighted by atomic mass is 10.3. The topological polar surface area (TPSA) is 29.5 Å². The van der Waals surface area contributed by atoms with Crippen molar-refractivity contribution in [1.82, 2.24) is 0 Å². The van der Waals surface area contributed by atoms with E-state index in [-0.39, 0.29) is 12.2 Å². The van der Waals surface area contributed by atoms with Crippen molar-refractivity contribution >= 4 is 15.9 Å². The summed E-state index contributed by atoms with van der Waals surface area (Å²) in [4.78, 5) is 0. The first-order valence-electron chi connectivity index (χ1n) is 4.53. The summed E-state index contributed by atoms with van der Waals surface area (Å²) in [6.07, 6.45) is 3.93. The summed E-state index contributed by atoms with van der Waals surface area (Å²) < 4.78 is 6.62. The van der Waals surface area contributed by atoms with Crippen molar-refractivity contribution in [3.63, 3.8) is 0 Å². The van der Waals surface area contributed by atoms with E-state index < -0.39 is 0 Å². The van der Waals surface area contributed by atoms with Crippen molar-refractivity contribution in [2.75, 3.05) is 0 Å². The molecule has 0 heterocycles. The predicted molar refractivity (Wildman–Crippen MR) is 58.3 cm³/mol. The molecule has 0 saturated heterocycles. The summed E-state index contributed by atoms with van der Waals surface area (Å²) in [5.41, 5.74) is 0. The first kappa shape index (κ1) is 9.74. The van der Waals surface area contributed by atoms with Gasteiger partial charge in [-0.15, -0.1) is 0 Å². The van der Waals surface area contributed by atoms with Gasteiger partial charge in [-0.25, -0.2) is 0 Å². The van der Waals surface area contributed by atoms with Gasteiger partial charge in [0.15, 0.2) is 0 Å². The fourth-order valence-electron chi connectivity index (χ4n) is 1.44. The van der Waals surface area contributed by atoms with E-state index in [9.17, 15) is 5.11 Å². The van der Waals surface area contributed by atoms with Crippen LogP contribution < -0.4 is 4.74 Å². The van der Waals surface area contributed by atoms with Crippen molar-refractivity contribution in [2.45, 2.75) is 18.6 Å². The fourth-order valence-corrected chi connectivity index (χ4v) is 1.82. The third kappa shape index (κ3) is 2.16. The SMILES string of the molecule is O[C@H]1C=C[C@H](Oc2ccccc2Br)C1. The molecule has 0 fully saturated rings. The number of benzene rings is 1. The number of aliphatic hydroxyl groups excluding tert-OH is 1. The first-order valence-corrected chi connectivity index (χ1v) is 5.32. The van der Waals surface area contributed by atoms with Gasteiger partial charge in [-0.3, -0.25) is 0 Å². The van der Waals surface area contributed by atoms with Gasteiger partial charge in [-0.2, -0.15) is 0 Å². The number of rotatable bonds is 2. The van der Waals surface area contributed by atoms with Gasteiger partial charge in [-0.1, -0.05) is 18.2 Å². The molecule has 0 aromatic heterocycles. The molecule has 3 heteroatoms. The zero-order valence-electron chi connectivity index (χ0n) is 7.56. The van der Waals surface area contributed by atoms with Gasteiger partial charge in [0.1, 0.15) is 11.9 Å². The molecule has 2 rings (SSSR count). The maximum absolute atomic E-state index is 9.27. The fraction of sp³-hybridized carbons (Fsp3) is 0.273. The highest BCUT2D eigenvalue weighted by Gasteiger charge is 2.18. The number of hydrogen-bond donors (Lipinski definition) is 1. The second kappa shape index (κ2) is 4.15. The van der Waals surface area contributed by atoms with Gasteiger partial charge >= 0.3 is 0 Å². The number of hydrogen-bond acceptors (Lipinski definition) is 2. The minimum absolute atomic E-state index is 0.0105. The molecule has 0 saturated carbocycles. The maximum atomic E-state index is 9.27. The van der Waals surface area contributed by atoms with Crippen LogP contribution in [0.5, 0.6) is 5.75 Å². The Kier molecular flexibility index (Phi) is 2.89. The average molecular weight is 255 g/mol. The van der Waals surface area contributed by atoms with Crippen LogP contribution in [-0.2, 0) is 0 Å². The van der Waals surface area contributed by atoms with E-state index in [0.717, 1.165) is 10.2 Å². The molecular weight excluding hydrogens is 244 g/mol. The Bertz CT molecular complexity index is 349. The highest BCUT2D eigenvalue weighted by Crippen LogP contribution is 2.27. The van der Waals surface area contributed by atoms with Crippen molar-refractivity contribution in [3.8, 4) is 5.75 Å². The lowest BCUT2D eigenvalue weighted by Crippen LogP contribution is -2.14. The Hall–Kier alpha value is -0.800. The van der Waals surface area contributed by atoms with Gasteiger partial charge in [0.25, 0.3) is 0 Å². The van der Waals surface area contributed by atoms with E-state index in [1.54, 1.807) is 6.08 Å². The number of para-hydroxylation sites is 1. The van der Waals surface area contributed by atoms with E-state index in [0.29, 0.717) is 6.42 Å². The smallest absolute Gasteiger partial charge is 0.134 e. The van der Waals surface area contributed by atoms with E-state index >= 15 is 0 Å². The predicted octanol–water partition coefficient (Wildman–Crippen LogP) is 2.52. The van der Waals surface area contributed by atoms with Gasteiger partial charge in [0.05, 0.1) is 10.6 Å². The van der Waals surface area contributed by atoms with Crippen LogP contribution in [0.3, 0.4) is 0 Å². The minimum Gasteiger partial charge on any atom is -0.485 e. The summed E-state index contributed by atoms with van der Waals surface area (Å²) in [7, 11) is 0. The normalized spacial score (nSPS) is 25.3. The Labute approximate surface area is 91.3 Å². The average Bonchev–Trinajstić information content (AvgIpc) is 2.56. The zero-order valence-corrected chi connectivity index (χ0v) is 9.15. The van der Waals surface area contributed by atoms with Crippen LogP contribution in [0.25, 0.3) is 0 Å². The van der Waals surface area contributed by atoms with Gasteiger partial charge in [0, 0.05) is 6.42 Å². The molecule has 2 atom stereocenters. The molecule has 74 valence electrons. The van der Waals surface area contributed by atoms with Crippen molar-refractivity contribution in [1.29, 1.82) is 0 Å². The highest BCUT2D eigenvalue weighted by atomic mass is 79.9. The van der Waals surface area contributed by atoms with E-state index in [1.807, 2.05) is 30.3 Å².